The van der Waals surface area contributed by atoms with E-state index < -0.39 is 9.84 Å². The molecule has 1 fully saturated rings. The van der Waals surface area contributed by atoms with Gasteiger partial charge in [-0.1, -0.05) is 17.7 Å². The Morgan fingerprint density at radius 1 is 1.33 bits per heavy atom. The quantitative estimate of drug-likeness (QED) is 0.878. The predicted molar refractivity (Wildman–Crippen MR) is 88.0 cm³/mol. The Kier molecular flexibility index (Phi) is 3.99. The lowest BCUT2D eigenvalue weighted by Gasteiger charge is -2.19. The fraction of sp³-hybridized carbons (Fsp3) is 0.333. The van der Waals surface area contributed by atoms with Crippen molar-refractivity contribution in [2.45, 2.75) is 23.8 Å². The molecule has 0 spiro atoms. The lowest BCUT2D eigenvalue weighted by molar-refractivity contribution is 0.602. The monoisotopic (exact) mass is 341 g/mol. The summed E-state index contributed by atoms with van der Waals surface area (Å²) >= 11 is 7.93. The average Bonchev–Trinajstić information content (AvgIpc) is 3.11. The molecule has 112 valence electrons. The Balaban J connectivity index is 1.93. The van der Waals surface area contributed by atoms with Crippen LogP contribution in [0.25, 0.3) is 0 Å². The summed E-state index contributed by atoms with van der Waals surface area (Å²) in [5.41, 5.74) is 0.685. The number of nitrogens with one attached hydrogen (secondary N) is 1. The van der Waals surface area contributed by atoms with E-state index >= 15 is 0 Å². The number of anilines is 1. The Morgan fingerprint density at radius 3 is 2.67 bits per heavy atom. The van der Waals surface area contributed by atoms with E-state index in [1.54, 1.807) is 29.5 Å². The molecule has 21 heavy (non-hydrogen) atoms. The number of sulfone groups is 1. The molecule has 3 nitrogen and oxygen atoms in total. The minimum atomic E-state index is -3.23. The summed E-state index contributed by atoms with van der Waals surface area (Å²) in [6.07, 6.45) is 3.59. The summed E-state index contributed by atoms with van der Waals surface area (Å²) < 4.78 is 23.4. The topological polar surface area (TPSA) is 46.2 Å². The molecule has 3 rings (SSSR count). The Morgan fingerprint density at radius 2 is 2.10 bits per heavy atom. The maximum absolute atomic E-state index is 11.7. The third kappa shape index (κ3) is 3.42. The summed E-state index contributed by atoms with van der Waals surface area (Å²) in [6, 6.07) is 9.15. The molecule has 0 amide bonds. The van der Waals surface area contributed by atoms with Gasteiger partial charge in [-0.15, -0.1) is 11.3 Å². The molecule has 0 radical (unpaired) electrons. The molecule has 1 N–H and O–H groups in total. The second kappa shape index (κ2) is 5.63. The molecule has 1 aliphatic carbocycles. The number of rotatable bonds is 5. The molecule has 0 bridgehead atoms. The number of benzene rings is 1. The molecule has 1 unspecified atom stereocenters. The van der Waals surface area contributed by atoms with E-state index in [4.69, 9.17) is 11.6 Å². The van der Waals surface area contributed by atoms with Crippen LogP contribution in [0.5, 0.6) is 0 Å². The molecule has 1 saturated carbocycles. The zero-order chi connectivity index (χ0) is 15.0. The van der Waals surface area contributed by atoms with Crippen molar-refractivity contribution in [2.75, 3.05) is 11.6 Å². The van der Waals surface area contributed by atoms with Gasteiger partial charge in [-0.25, -0.2) is 8.42 Å². The molecule has 1 heterocycles. The Labute approximate surface area is 133 Å². The van der Waals surface area contributed by atoms with E-state index in [2.05, 4.69) is 16.8 Å². The molecular weight excluding hydrogens is 326 g/mol. The van der Waals surface area contributed by atoms with Gasteiger partial charge in [-0.2, -0.15) is 0 Å². The first-order valence-corrected chi connectivity index (χ1v) is 9.89. The zero-order valence-electron chi connectivity index (χ0n) is 11.5. The van der Waals surface area contributed by atoms with Crippen LogP contribution < -0.4 is 5.32 Å². The third-order valence-electron chi connectivity index (χ3n) is 3.62. The maximum Gasteiger partial charge on any atom is 0.175 e. The smallest absolute Gasteiger partial charge is 0.175 e. The first-order chi connectivity index (χ1) is 9.95. The van der Waals surface area contributed by atoms with Gasteiger partial charge >= 0.3 is 0 Å². The van der Waals surface area contributed by atoms with Crippen molar-refractivity contribution in [3.8, 4) is 0 Å². The van der Waals surface area contributed by atoms with Crippen LogP contribution in [0.4, 0.5) is 5.69 Å². The minimum absolute atomic E-state index is 0.206. The predicted octanol–water partition coefficient (Wildman–Crippen LogP) is 4.37. The largest absolute Gasteiger partial charge is 0.376 e. The number of hydrogen-bond acceptors (Lipinski definition) is 4. The highest BCUT2D eigenvalue weighted by Crippen LogP contribution is 2.45. The number of hydrogen-bond donors (Lipinski definition) is 1. The van der Waals surface area contributed by atoms with Crippen LogP contribution in [0.1, 0.15) is 23.8 Å². The van der Waals surface area contributed by atoms with E-state index in [9.17, 15) is 8.42 Å². The second-order valence-electron chi connectivity index (χ2n) is 5.39. The van der Waals surface area contributed by atoms with Crippen molar-refractivity contribution < 1.29 is 8.42 Å². The lowest BCUT2D eigenvalue weighted by atomic mass is 10.1. The van der Waals surface area contributed by atoms with E-state index in [0.29, 0.717) is 16.6 Å². The highest BCUT2D eigenvalue weighted by molar-refractivity contribution is 7.90. The minimum Gasteiger partial charge on any atom is -0.376 e. The van der Waals surface area contributed by atoms with Gasteiger partial charge in [0.1, 0.15) is 0 Å². The molecule has 1 aliphatic rings. The first-order valence-electron chi connectivity index (χ1n) is 6.75. The summed E-state index contributed by atoms with van der Waals surface area (Å²) in [5, 5.41) is 6.04. The molecule has 1 aromatic heterocycles. The fourth-order valence-electron chi connectivity index (χ4n) is 2.33. The van der Waals surface area contributed by atoms with Crippen molar-refractivity contribution >= 4 is 38.5 Å². The van der Waals surface area contributed by atoms with Crippen LogP contribution in [-0.4, -0.2) is 14.7 Å². The average molecular weight is 342 g/mol. The van der Waals surface area contributed by atoms with Crippen molar-refractivity contribution in [1.29, 1.82) is 0 Å². The summed E-state index contributed by atoms with van der Waals surface area (Å²) in [6.45, 7) is 0. The lowest BCUT2D eigenvalue weighted by Crippen LogP contribution is -2.12. The van der Waals surface area contributed by atoms with E-state index in [-0.39, 0.29) is 10.9 Å². The highest BCUT2D eigenvalue weighted by atomic mass is 35.5. The van der Waals surface area contributed by atoms with Gasteiger partial charge in [0.05, 0.1) is 21.6 Å². The van der Waals surface area contributed by atoms with Gasteiger partial charge in [0.2, 0.25) is 0 Å². The van der Waals surface area contributed by atoms with Crippen molar-refractivity contribution in [3.05, 3.63) is 45.6 Å². The van der Waals surface area contributed by atoms with E-state index in [1.807, 2.05) is 6.07 Å². The first kappa shape index (κ1) is 14.9. The summed E-state index contributed by atoms with van der Waals surface area (Å²) in [5.74, 6) is 0.599. The molecule has 0 aliphatic heterocycles. The van der Waals surface area contributed by atoms with E-state index in [0.717, 1.165) is 0 Å². The van der Waals surface area contributed by atoms with Gasteiger partial charge in [-0.3, -0.25) is 0 Å². The SMILES string of the molecule is CS(=O)(=O)c1ccc(Cl)c(NC(c2cccs2)C2CC2)c1. The zero-order valence-corrected chi connectivity index (χ0v) is 13.9. The van der Waals surface area contributed by atoms with Crippen molar-refractivity contribution in [2.24, 2.45) is 5.92 Å². The van der Waals surface area contributed by atoms with Gasteiger partial charge in [-0.05, 0) is 48.4 Å². The maximum atomic E-state index is 11.7. The summed E-state index contributed by atoms with van der Waals surface area (Å²) in [4.78, 5) is 1.55. The fourth-order valence-corrected chi connectivity index (χ4v) is 4.02. The second-order valence-corrected chi connectivity index (χ2v) is 8.79. The van der Waals surface area contributed by atoms with Crippen LogP contribution in [0.15, 0.2) is 40.6 Å². The van der Waals surface area contributed by atoms with Crippen LogP contribution in [-0.2, 0) is 9.84 Å². The van der Waals surface area contributed by atoms with Gasteiger partial charge in [0.15, 0.2) is 9.84 Å². The van der Waals surface area contributed by atoms with Crippen LogP contribution in [0.3, 0.4) is 0 Å². The van der Waals surface area contributed by atoms with Crippen LogP contribution >= 0.6 is 22.9 Å². The Hall–Kier alpha value is -1.04. The highest BCUT2D eigenvalue weighted by Gasteiger charge is 2.33. The summed E-state index contributed by atoms with van der Waals surface area (Å²) in [7, 11) is -3.23. The molecular formula is C15H16ClNO2S2. The third-order valence-corrected chi connectivity index (χ3v) is 6.02. The van der Waals surface area contributed by atoms with Gasteiger partial charge < -0.3 is 5.32 Å². The molecule has 2 aromatic rings. The van der Waals surface area contributed by atoms with E-state index in [1.165, 1.54) is 24.0 Å². The van der Waals surface area contributed by atoms with Crippen LogP contribution in [0, 0.1) is 5.92 Å². The Bertz CT molecular complexity index is 737. The van der Waals surface area contributed by atoms with Crippen LogP contribution in [0.2, 0.25) is 5.02 Å². The normalized spacial score (nSPS) is 16.7. The number of thiophene rings is 1. The molecule has 1 atom stereocenters. The van der Waals surface area contributed by atoms with Crippen molar-refractivity contribution in [1.82, 2.24) is 0 Å². The molecule has 6 heteroatoms. The molecule has 1 aromatic carbocycles. The number of halogens is 1. The van der Waals surface area contributed by atoms with Crippen molar-refractivity contribution in [3.63, 3.8) is 0 Å². The van der Waals surface area contributed by atoms with Gasteiger partial charge in [0.25, 0.3) is 0 Å². The van der Waals surface area contributed by atoms with Gasteiger partial charge in [0, 0.05) is 11.1 Å². The molecule has 0 saturated heterocycles. The standard InChI is InChI=1S/C15H16ClNO2S2/c1-21(18,19)11-6-7-12(16)13(9-11)17-15(10-4-5-10)14-3-2-8-20-14/h2-3,6-10,15,17H,4-5H2,1H3.